The van der Waals surface area contributed by atoms with Crippen molar-refractivity contribution >= 4 is 61.8 Å². The Bertz CT molecular complexity index is 1890. The first kappa shape index (κ1) is 41.6. The lowest BCUT2D eigenvalue weighted by atomic mass is 10.0. The van der Waals surface area contributed by atoms with Gasteiger partial charge in [0.15, 0.2) is 23.9 Å². The molecule has 13 nitrogen and oxygen atoms in total. The number of benzene rings is 2. The Morgan fingerprint density at radius 2 is 1.76 bits per heavy atom. The highest BCUT2D eigenvalue weighted by Gasteiger charge is 2.28. The fourth-order valence-corrected chi connectivity index (χ4v) is 7.72. The molecule has 1 aliphatic heterocycles. The molecule has 0 spiro atoms. The number of aromatic nitrogens is 1. The minimum absolute atomic E-state index is 0.00523. The van der Waals surface area contributed by atoms with Gasteiger partial charge in [0.1, 0.15) is 21.9 Å². The summed E-state index contributed by atoms with van der Waals surface area (Å²) in [6.45, 7) is 0.0664. The monoisotopic (exact) mass is 833 g/mol. The number of hydrogen-bond donors (Lipinski definition) is 0. The molecule has 1 atom stereocenters. The zero-order valence-electron chi connectivity index (χ0n) is 29.4. The molecule has 0 bridgehead atoms. The molecule has 2 fully saturated rings. The van der Waals surface area contributed by atoms with Crippen molar-refractivity contribution < 1.29 is 55.2 Å². The second-order valence-electron chi connectivity index (χ2n) is 12.6. The summed E-state index contributed by atoms with van der Waals surface area (Å²) in [5.41, 5.74) is 0.865. The number of anilines is 1. The summed E-state index contributed by atoms with van der Waals surface area (Å²) in [5.74, 6) is -0.973. The highest BCUT2D eigenvalue weighted by atomic mass is 35.5. The molecule has 0 amide bonds. The predicted octanol–water partition coefficient (Wildman–Crippen LogP) is 5.52. The van der Waals surface area contributed by atoms with Crippen molar-refractivity contribution in [2.45, 2.75) is 32.0 Å². The van der Waals surface area contributed by atoms with Crippen molar-refractivity contribution in [3.8, 4) is 17.2 Å². The Morgan fingerprint density at radius 3 is 2.39 bits per heavy atom. The molecule has 0 radical (unpaired) electrons. The maximum atomic E-state index is 13.4. The zero-order valence-corrected chi connectivity index (χ0v) is 32.5. The molecule has 2 heterocycles. The number of nitrogens with zero attached hydrogens (tertiary/aromatic N) is 3. The Balaban J connectivity index is 1.34. The molecule has 1 saturated carbocycles. The van der Waals surface area contributed by atoms with Crippen LogP contribution in [0.3, 0.4) is 0 Å². The highest BCUT2D eigenvalue weighted by molar-refractivity contribution is 8.14. The van der Waals surface area contributed by atoms with Gasteiger partial charge in [0.25, 0.3) is 0 Å². The maximum absolute atomic E-state index is 13.4. The third-order valence-corrected chi connectivity index (χ3v) is 11.3. The summed E-state index contributed by atoms with van der Waals surface area (Å²) in [6.07, 6.45) is 3.85. The fraction of sp³-hybridized carbons (Fsp3) is 0.457. The number of esters is 1. The van der Waals surface area contributed by atoms with Crippen LogP contribution in [0.2, 0.25) is 10.0 Å². The van der Waals surface area contributed by atoms with Gasteiger partial charge in [-0.1, -0.05) is 41.0 Å². The fourth-order valence-electron chi connectivity index (χ4n) is 5.60. The van der Waals surface area contributed by atoms with Gasteiger partial charge in [0.2, 0.25) is 15.1 Å². The summed E-state index contributed by atoms with van der Waals surface area (Å²) in [6, 6.07) is 8.44. The normalized spacial score (nSPS) is 15.5. The first-order valence-corrected chi connectivity index (χ1v) is 20.4. The van der Waals surface area contributed by atoms with E-state index in [4.69, 9.17) is 42.1 Å². The average Bonchev–Trinajstić information content (AvgIpc) is 3.95. The predicted molar refractivity (Wildman–Crippen MR) is 198 cm³/mol. The molecule has 1 unspecified atom stereocenters. The number of morpholine rings is 1. The third-order valence-electron chi connectivity index (χ3n) is 8.58. The van der Waals surface area contributed by atoms with Gasteiger partial charge < -0.3 is 28.9 Å². The SMILES string of the molecule is COc1ccc(C(=O)SCC(=O)OC(Cc2c(Cl)c[n+]([O-])cc2Cl)c2ccc(OC(F)F)c(OCC3CC3)c2)cc1N(CCN1CCOCC1)S(C)(=O)=O. The van der Waals surface area contributed by atoms with Crippen molar-refractivity contribution in [1.82, 2.24) is 4.90 Å². The molecule has 2 aliphatic rings. The van der Waals surface area contributed by atoms with Gasteiger partial charge in [-0.05, 0) is 54.7 Å². The van der Waals surface area contributed by atoms with E-state index in [9.17, 15) is 32.0 Å². The molecule has 3 aromatic rings. The van der Waals surface area contributed by atoms with Crippen LogP contribution in [0.5, 0.6) is 17.2 Å². The van der Waals surface area contributed by atoms with Crippen molar-refractivity contribution in [1.29, 1.82) is 0 Å². The van der Waals surface area contributed by atoms with Crippen LogP contribution in [0.1, 0.15) is 40.4 Å². The number of carbonyl (C=O) groups is 2. The zero-order chi connectivity index (χ0) is 39.0. The number of sulfonamides is 1. The van der Waals surface area contributed by atoms with Crippen LogP contribution in [0.4, 0.5) is 14.5 Å². The lowest BCUT2D eigenvalue weighted by molar-refractivity contribution is -0.605. The van der Waals surface area contributed by atoms with Gasteiger partial charge in [0, 0.05) is 43.7 Å². The van der Waals surface area contributed by atoms with Crippen molar-refractivity contribution in [2.75, 3.05) is 69.4 Å². The van der Waals surface area contributed by atoms with E-state index in [2.05, 4.69) is 9.64 Å². The minimum Gasteiger partial charge on any atom is -0.619 e. The number of hydrogen-bond acceptors (Lipinski definition) is 12. The van der Waals surface area contributed by atoms with E-state index in [-0.39, 0.29) is 69.6 Å². The van der Waals surface area contributed by atoms with E-state index >= 15 is 0 Å². The van der Waals surface area contributed by atoms with Gasteiger partial charge in [-0.2, -0.15) is 13.5 Å². The summed E-state index contributed by atoms with van der Waals surface area (Å²) < 4.78 is 81.0. The largest absolute Gasteiger partial charge is 0.619 e. The number of thioether (sulfide) groups is 1. The van der Waals surface area contributed by atoms with Crippen LogP contribution in [-0.4, -0.2) is 96.1 Å². The van der Waals surface area contributed by atoms with Gasteiger partial charge >= 0.3 is 12.6 Å². The topological polar surface area (TPSA) is 148 Å². The number of ether oxygens (including phenoxy) is 5. The van der Waals surface area contributed by atoms with E-state index in [0.29, 0.717) is 54.9 Å². The summed E-state index contributed by atoms with van der Waals surface area (Å²) >= 11 is 13.3. The van der Waals surface area contributed by atoms with E-state index < -0.39 is 39.6 Å². The standard InChI is InChI=1S/C35H39Cl2F2N3O10S2/c1-48-29-7-6-24(15-28(29)42(54(2,46)47)10-9-40-11-13-49-14-12-40)34(44)53-21-33(43)51-31(17-25-26(36)18-41(45)19-27(25)37)23-5-8-30(52-35(38)39)32(16-23)50-20-22-3-4-22/h5-8,15-16,18-19,22,31,35H,3-4,9-14,17,20-21H2,1-2H3. The van der Waals surface area contributed by atoms with Gasteiger partial charge in [0.05, 0.1) is 44.6 Å². The molecule has 1 aliphatic carbocycles. The summed E-state index contributed by atoms with van der Waals surface area (Å²) in [5, 5.41) is 11.3. The van der Waals surface area contributed by atoms with E-state index in [1.165, 1.54) is 47.8 Å². The molecule has 19 heteroatoms. The molecule has 2 aromatic carbocycles. The smallest absolute Gasteiger partial charge is 0.387 e. The molecule has 5 rings (SSSR count). The summed E-state index contributed by atoms with van der Waals surface area (Å²) in [4.78, 5) is 28.8. The second kappa shape index (κ2) is 18.8. The van der Waals surface area contributed by atoms with E-state index in [1.54, 1.807) is 0 Å². The highest BCUT2D eigenvalue weighted by Crippen LogP contribution is 2.38. The Morgan fingerprint density at radius 1 is 1.07 bits per heavy atom. The third kappa shape index (κ3) is 11.7. The number of carbonyl (C=O) groups excluding carboxylic acids is 2. The lowest BCUT2D eigenvalue weighted by Gasteiger charge is -2.30. The van der Waals surface area contributed by atoms with Crippen LogP contribution in [-0.2, 0) is 30.7 Å². The van der Waals surface area contributed by atoms with E-state index in [0.717, 1.165) is 31.5 Å². The number of alkyl halides is 2. The molecular formula is C35H39Cl2F2N3O10S2. The number of halogens is 4. The number of pyridine rings is 1. The quantitative estimate of drug-likeness (QED) is 0.0903. The van der Waals surface area contributed by atoms with Crippen LogP contribution in [0.25, 0.3) is 0 Å². The van der Waals surface area contributed by atoms with E-state index in [1.807, 2.05) is 0 Å². The van der Waals surface area contributed by atoms with Crippen LogP contribution in [0.15, 0.2) is 48.8 Å². The van der Waals surface area contributed by atoms with Gasteiger partial charge in [-0.25, -0.2) is 8.42 Å². The molecule has 1 saturated heterocycles. The molecule has 0 N–H and O–H groups in total. The minimum atomic E-state index is -3.80. The molecular weight excluding hydrogens is 795 g/mol. The van der Waals surface area contributed by atoms with Crippen molar-refractivity contribution in [3.63, 3.8) is 0 Å². The Labute approximate surface area is 326 Å². The first-order valence-electron chi connectivity index (χ1n) is 16.8. The van der Waals surface area contributed by atoms with Gasteiger partial charge in [-0.3, -0.25) is 18.8 Å². The first-order chi connectivity index (χ1) is 25.7. The van der Waals surface area contributed by atoms with Gasteiger partial charge in [-0.15, -0.1) is 0 Å². The number of rotatable bonds is 18. The summed E-state index contributed by atoms with van der Waals surface area (Å²) in [7, 11) is -2.41. The van der Waals surface area contributed by atoms with Crippen molar-refractivity contribution in [2.24, 2.45) is 5.92 Å². The van der Waals surface area contributed by atoms with Crippen LogP contribution in [0, 0.1) is 11.1 Å². The second-order valence-corrected chi connectivity index (χ2v) is 16.2. The molecule has 54 heavy (non-hydrogen) atoms. The number of methoxy groups -OCH3 is 1. The Kier molecular flexibility index (Phi) is 14.5. The maximum Gasteiger partial charge on any atom is 0.387 e. The average molecular weight is 835 g/mol. The molecule has 294 valence electrons. The van der Waals surface area contributed by atoms with Crippen LogP contribution >= 0.6 is 35.0 Å². The molecule has 1 aromatic heterocycles. The van der Waals surface area contributed by atoms with Crippen LogP contribution < -0.4 is 23.2 Å². The Hall–Kier alpha value is -3.61. The van der Waals surface area contributed by atoms with Crippen molar-refractivity contribution in [3.05, 3.63) is 80.7 Å². The lowest BCUT2D eigenvalue weighted by Crippen LogP contribution is -2.43.